The van der Waals surface area contributed by atoms with Gasteiger partial charge in [0.25, 0.3) is 0 Å². The van der Waals surface area contributed by atoms with Gasteiger partial charge in [-0.1, -0.05) is 6.07 Å². The summed E-state index contributed by atoms with van der Waals surface area (Å²) in [5, 5.41) is 9.09. The van der Waals surface area contributed by atoms with E-state index in [0.717, 1.165) is 5.56 Å². The van der Waals surface area contributed by atoms with Crippen molar-refractivity contribution in [2.75, 3.05) is 0 Å². The number of carbonyl (C=O) groups excluding carboxylic acids is 1. The summed E-state index contributed by atoms with van der Waals surface area (Å²) in [5.74, 6) is -0.000972. The van der Waals surface area contributed by atoms with Crippen LogP contribution in [0.5, 0.6) is 5.75 Å². The quantitative estimate of drug-likeness (QED) is 0.487. The average molecular weight is 149 g/mol. The molecule has 1 aromatic carbocycles. The van der Waals surface area contributed by atoms with Crippen molar-refractivity contribution >= 4 is 11.8 Å². The van der Waals surface area contributed by atoms with Crippen LogP contribution in [0.1, 0.15) is 5.56 Å². The number of nitrogens with zero attached hydrogens (tertiary/aromatic N) is 1. The van der Waals surface area contributed by atoms with Gasteiger partial charge in [0.1, 0.15) is 11.4 Å². The van der Waals surface area contributed by atoms with Gasteiger partial charge in [-0.3, -0.25) is 0 Å². The standard InChI is InChI=1S/C8H7NO2/c1-6-2-3-8(11)7(4-6)9-5-10/h2-4,11H,1H3. The van der Waals surface area contributed by atoms with Crippen LogP contribution in [0.25, 0.3) is 0 Å². The fraction of sp³-hybridized carbons (Fsp3) is 0.125. The van der Waals surface area contributed by atoms with Gasteiger partial charge >= 0.3 is 0 Å². The number of isocyanates is 1. The van der Waals surface area contributed by atoms with Gasteiger partial charge in [0.05, 0.1) is 0 Å². The Morgan fingerprint density at radius 2 is 2.27 bits per heavy atom. The van der Waals surface area contributed by atoms with Gasteiger partial charge in [0, 0.05) is 0 Å². The summed E-state index contributed by atoms with van der Waals surface area (Å²) < 4.78 is 0. The van der Waals surface area contributed by atoms with E-state index in [9.17, 15) is 4.79 Å². The second-order valence-corrected chi connectivity index (χ2v) is 2.20. The summed E-state index contributed by atoms with van der Waals surface area (Å²) in [7, 11) is 0. The fourth-order valence-corrected chi connectivity index (χ4v) is 0.772. The molecule has 0 fully saturated rings. The molecule has 0 heterocycles. The van der Waals surface area contributed by atoms with E-state index in [-0.39, 0.29) is 11.4 Å². The fourth-order valence-electron chi connectivity index (χ4n) is 0.772. The van der Waals surface area contributed by atoms with E-state index in [1.54, 1.807) is 12.1 Å². The molecule has 0 amide bonds. The summed E-state index contributed by atoms with van der Waals surface area (Å²) in [6.45, 7) is 1.85. The van der Waals surface area contributed by atoms with Crippen molar-refractivity contribution in [3.05, 3.63) is 23.8 Å². The predicted molar refractivity (Wildman–Crippen MR) is 40.6 cm³/mol. The summed E-state index contributed by atoms with van der Waals surface area (Å²) >= 11 is 0. The number of benzene rings is 1. The zero-order valence-electron chi connectivity index (χ0n) is 6.03. The molecular formula is C8H7NO2. The summed E-state index contributed by atoms with van der Waals surface area (Å²) in [6.07, 6.45) is 1.37. The number of phenolic OH excluding ortho intramolecular Hbond substituents is 1. The molecule has 3 nitrogen and oxygen atoms in total. The van der Waals surface area contributed by atoms with Gasteiger partial charge in [-0.2, -0.15) is 4.99 Å². The maximum atomic E-state index is 9.84. The van der Waals surface area contributed by atoms with Gasteiger partial charge in [-0.25, -0.2) is 4.79 Å². The summed E-state index contributed by atoms with van der Waals surface area (Å²) in [6, 6.07) is 4.84. The van der Waals surface area contributed by atoms with Crippen LogP contribution in [0.4, 0.5) is 5.69 Å². The number of rotatable bonds is 1. The third-order valence-corrected chi connectivity index (χ3v) is 1.30. The molecule has 11 heavy (non-hydrogen) atoms. The van der Waals surface area contributed by atoms with E-state index in [1.807, 2.05) is 6.92 Å². The molecule has 1 aromatic rings. The molecule has 3 heteroatoms. The van der Waals surface area contributed by atoms with Gasteiger partial charge in [-0.05, 0) is 24.6 Å². The lowest BCUT2D eigenvalue weighted by molar-refractivity contribution is 0.476. The second kappa shape index (κ2) is 2.99. The van der Waals surface area contributed by atoms with Crippen molar-refractivity contribution in [1.29, 1.82) is 0 Å². The zero-order valence-corrected chi connectivity index (χ0v) is 6.03. The van der Waals surface area contributed by atoms with Crippen LogP contribution in [-0.2, 0) is 4.79 Å². The number of aryl methyl sites for hydroxylation is 1. The molecular weight excluding hydrogens is 142 g/mol. The van der Waals surface area contributed by atoms with Crippen molar-refractivity contribution in [1.82, 2.24) is 0 Å². The normalized spacial score (nSPS) is 8.82. The molecule has 1 rings (SSSR count). The van der Waals surface area contributed by atoms with Crippen molar-refractivity contribution in [3.8, 4) is 5.75 Å². The Morgan fingerprint density at radius 3 is 2.91 bits per heavy atom. The molecule has 0 spiro atoms. The first-order chi connectivity index (χ1) is 5.24. The highest BCUT2D eigenvalue weighted by Gasteiger charge is 1.97. The highest BCUT2D eigenvalue weighted by atomic mass is 16.3. The predicted octanol–water partition coefficient (Wildman–Crippen LogP) is 1.67. The van der Waals surface area contributed by atoms with E-state index >= 15 is 0 Å². The molecule has 0 bridgehead atoms. The molecule has 0 unspecified atom stereocenters. The van der Waals surface area contributed by atoms with Gasteiger partial charge in [-0.15, -0.1) is 0 Å². The van der Waals surface area contributed by atoms with E-state index in [0.29, 0.717) is 0 Å². The Hall–Kier alpha value is -1.60. The lowest BCUT2D eigenvalue weighted by Gasteiger charge is -1.96. The molecule has 0 atom stereocenters. The Morgan fingerprint density at radius 1 is 1.55 bits per heavy atom. The monoisotopic (exact) mass is 149 g/mol. The third-order valence-electron chi connectivity index (χ3n) is 1.30. The van der Waals surface area contributed by atoms with E-state index in [1.165, 1.54) is 12.1 Å². The first-order valence-corrected chi connectivity index (χ1v) is 3.11. The lowest BCUT2D eigenvalue weighted by atomic mass is 10.2. The van der Waals surface area contributed by atoms with Gasteiger partial charge in [0.15, 0.2) is 0 Å². The van der Waals surface area contributed by atoms with Crippen LogP contribution in [0.15, 0.2) is 23.2 Å². The number of aliphatic imine (C=N–C) groups is 1. The number of phenols is 1. The van der Waals surface area contributed by atoms with Crippen LogP contribution >= 0.6 is 0 Å². The number of hydrogen-bond acceptors (Lipinski definition) is 3. The van der Waals surface area contributed by atoms with E-state index < -0.39 is 0 Å². The Kier molecular flexibility index (Phi) is 2.04. The summed E-state index contributed by atoms with van der Waals surface area (Å²) in [5.41, 5.74) is 1.21. The first-order valence-electron chi connectivity index (χ1n) is 3.11. The van der Waals surface area contributed by atoms with Crippen molar-refractivity contribution in [3.63, 3.8) is 0 Å². The second-order valence-electron chi connectivity index (χ2n) is 2.20. The molecule has 0 aliphatic carbocycles. The van der Waals surface area contributed by atoms with E-state index in [4.69, 9.17) is 5.11 Å². The van der Waals surface area contributed by atoms with Gasteiger partial charge in [0.2, 0.25) is 6.08 Å². The van der Waals surface area contributed by atoms with Crippen molar-refractivity contribution in [2.24, 2.45) is 4.99 Å². The largest absolute Gasteiger partial charge is 0.506 e. The number of hydrogen-bond donors (Lipinski definition) is 1. The highest BCUT2D eigenvalue weighted by molar-refractivity contribution is 5.57. The highest BCUT2D eigenvalue weighted by Crippen LogP contribution is 2.25. The van der Waals surface area contributed by atoms with Crippen molar-refractivity contribution in [2.45, 2.75) is 6.92 Å². The maximum Gasteiger partial charge on any atom is 0.240 e. The Balaban J connectivity index is 3.22. The van der Waals surface area contributed by atoms with E-state index in [2.05, 4.69) is 4.99 Å². The van der Waals surface area contributed by atoms with Gasteiger partial charge < -0.3 is 5.11 Å². The first kappa shape index (κ1) is 7.51. The minimum atomic E-state index is -0.000972. The molecule has 0 saturated heterocycles. The minimum Gasteiger partial charge on any atom is -0.506 e. The molecule has 0 aliphatic rings. The zero-order chi connectivity index (χ0) is 8.27. The topological polar surface area (TPSA) is 49.7 Å². The molecule has 0 saturated carbocycles. The molecule has 0 radical (unpaired) electrons. The van der Waals surface area contributed by atoms with Crippen LogP contribution in [0.2, 0.25) is 0 Å². The minimum absolute atomic E-state index is 0.000972. The molecule has 56 valence electrons. The SMILES string of the molecule is Cc1ccc(O)c(N=C=O)c1. The molecule has 0 aliphatic heterocycles. The van der Waals surface area contributed by atoms with Crippen LogP contribution in [0.3, 0.4) is 0 Å². The van der Waals surface area contributed by atoms with Crippen LogP contribution in [-0.4, -0.2) is 11.2 Å². The van der Waals surface area contributed by atoms with Crippen LogP contribution < -0.4 is 0 Å². The Labute approximate surface area is 64.0 Å². The van der Waals surface area contributed by atoms with Crippen LogP contribution in [0, 0.1) is 6.92 Å². The molecule has 0 aromatic heterocycles. The van der Waals surface area contributed by atoms with Crippen molar-refractivity contribution < 1.29 is 9.90 Å². The molecule has 1 N–H and O–H groups in total. The smallest absolute Gasteiger partial charge is 0.240 e. The maximum absolute atomic E-state index is 9.84. The average Bonchev–Trinajstić information content (AvgIpc) is 1.98. The Bertz CT molecular complexity index is 314. The number of aromatic hydroxyl groups is 1. The lowest BCUT2D eigenvalue weighted by Crippen LogP contribution is -1.71. The summed E-state index contributed by atoms with van der Waals surface area (Å²) in [4.78, 5) is 13.1. The third kappa shape index (κ3) is 1.66.